The molecular weight excluding hydrogens is 449 g/mol. The molecule has 0 saturated heterocycles. The van der Waals surface area contributed by atoms with E-state index in [1.54, 1.807) is 42.5 Å². The summed E-state index contributed by atoms with van der Waals surface area (Å²) in [6.07, 6.45) is 9.44. The summed E-state index contributed by atoms with van der Waals surface area (Å²) in [5.41, 5.74) is 1.83. The van der Waals surface area contributed by atoms with Gasteiger partial charge in [0.15, 0.2) is 17.5 Å². The summed E-state index contributed by atoms with van der Waals surface area (Å²) in [5, 5.41) is 0. The Kier molecular flexibility index (Phi) is 8.27. The normalized spacial score (nSPS) is 17.8. The molecule has 5 heteroatoms. The van der Waals surface area contributed by atoms with Crippen LogP contribution >= 0.6 is 0 Å². The van der Waals surface area contributed by atoms with Crippen molar-refractivity contribution in [3.63, 3.8) is 0 Å². The van der Waals surface area contributed by atoms with Gasteiger partial charge >= 0.3 is 5.97 Å². The third kappa shape index (κ3) is 6.33. The van der Waals surface area contributed by atoms with Crippen molar-refractivity contribution < 1.29 is 22.7 Å². The molecule has 0 radical (unpaired) electrons. The predicted octanol–water partition coefficient (Wildman–Crippen LogP) is 8.53. The minimum Gasteiger partial charge on any atom is -0.422 e. The van der Waals surface area contributed by atoms with Crippen molar-refractivity contribution in [2.75, 3.05) is 0 Å². The summed E-state index contributed by atoms with van der Waals surface area (Å²) in [4.78, 5) is 12.6. The molecule has 0 aromatic heterocycles. The van der Waals surface area contributed by atoms with E-state index < -0.39 is 23.4 Å². The maximum Gasteiger partial charge on any atom is 0.343 e. The highest BCUT2D eigenvalue weighted by atomic mass is 19.2. The zero-order valence-electron chi connectivity index (χ0n) is 20.0. The summed E-state index contributed by atoms with van der Waals surface area (Å²) in [6, 6.07) is 15.7. The second-order valence-electron chi connectivity index (χ2n) is 9.55. The molecule has 1 fully saturated rings. The van der Waals surface area contributed by atoms with Crippen molar-refractivity contribution in [3.8, 4) is 16.9 Å². The summed E-state index contributed by atoms with van der Waals surface area (Å²) in [6.45, 7) is 2.24. The van der Waals surface area contributed by atoms with Crippen LogP contribution in [-0.2, 0) is 6.42 Å². The summed E-state index contributed by atoms with van der Waals surface area (Å²) >= 11 is 0. The molecule has 1 saturated carbocycles. The quantitative estimate of drug-likeness (QED) is 0.183. The van der Waals surface area contributed by atoms with E-state index in [1.165, 1.54) is 38.5 Å². The lowest BCUT2D eigenvalue weighted by Gasteiger charge is -2.28. The minimum atomic E-state index is -1.52. The van der Waals surface area contributed by atoms with Crippen LogP contribution < -0.4 is 4.74 Å². The Morgan fingerprint density at radius 1 is 0.857 bits per heavy atom. The van der Waals surface area contributed by atoms with E-state index in [0.29, 0.717) is 17.0 Å². The first-order valence-corrected chi connectivity index (χ1v) is 12.5. The molecule has 184 valence electrons. The number of carbonyl (C=O) groups is 1. The third-order valence-corrected chi connectivity index (χ3v) is 7.06. The smallest absolute Gasteiger partial charge is 0.343 e. The molecule has 0 heterocycles. The first-order chi connectivity index (χ1) is 16.9. The molecule has 1 aliphatic carbocycles. The van der Waals surface area contributed by atoms with E-state index in [1.807, 2.05) is 6.07 Å². The number of rotatable bonds is 8. The Morgan fingerprint density at radius 2 is 1.49 bits per heavy atom. The summed E-state index contributed by atoms with van der Waals surface area (Å²) in [7, 11) is 0. The van der Waals surface area contributed by atoms with Gasteiger partial charge in [-0.1, -0.05) is 69.7 Å². The number of aryl methyl sites for hydroxylation is 1. The van der Waals surface area contributed by atoms with E-state index in [2.05, 4.69) is 6.92 Å². The topological polar surface area (TPSA) is 26.3 Å². The molecule has 0 N–H and O–H groups in total. The monoisotopic (exact) mass is 480 g/mol. The zero-order chi connectivity index (χ0) is 24.8. The van der Waals surface area contributed by atoms with Crippen LogP contribution in [0.3, 0.4) is 0 Å². The Morgan fingerprint density at radius 3 is 2.11 bits per heavy atom. The maximum absolute atomic E-state index is 14.0. The highest BCUT2D eigenvalue weighted by Gasteiger charge is 2.21. The number of hydrogen-bond acceptors (Lipinski definition) is 2. The second kappa shape index (κ2) is 11.6. The van der Waals surface area contributed by atoms with Crippen LogP contribution in [-0.4, -0.2) is 5.97 Å². The number of halogens is 3. The molecule has 2 nitrogen and oxygen atoms in total. The van der Waals surface area contributed by atoms with Gasteiger partial charge in [0.1, 0.15) is 5.75 Å². The number of carbonyl (C=O) groups excluding carboxylic acids is 1. The van der Waals surface area contributed by atoms with Crippen molar-refractivity contribution in [1.29, 1.82) is 0 Å². The first kappa shape index (κ1) is 25.0. The van der Waals surface area contributed by atoms with Gasteiger partial charge in [-0.25, -0.2) is 18.0 Å². The molecular formula is C30H31F3O2. The molecule has 0 atom stereocenters. The number of esters is 1. The molecule has 0 bridgehead atoms. The van der Waals surface area contributed by atoms with Crippen LogP contribution in [0.1, 0.15) is 67.8 Å². The molecule has 0 spiro atoms. The van der Waals surface area contributed by atoms with Crippen molar-refractivity contribution in [1.82, 2.24) is 0 Å². The van der Waals surface area contributed by atoms with Gasteiger partial charge in [0.05, 0.1) is 5.56 Å². The third-order valence-electron chi connectivity index (χ3n) is 7.06. The van der Waals surface area contributed by atoms with Gasteiger partial charge < -0.3 is 4.74 Å². The van der Waals surface area contributed by atoms with Crippen molar-refractivity contribution >= 4 is 5.97 Å². The van der Waals surface area contributed by atoms with Gasteiger partial charge in [-0.3, -0.25) is 0 Å². The Balaban J connectivity index is 1.56. The molecule has 3 aromatic carbocycles. The number of hydrogen-bond donors (Lipinski definition) is 0. The van der Waals surface area contributed by atoms with Gasteiger partial charge in [-0.05, 0) is 72.2 Å². The van der Waals surface area contributed by atoms with Crippen LogP contribution in [0.15, 0.2) is 60.7 Å². The van der Waals surface area contributed by atoms with Crippen LogP contribution in [0, 0.1) is 29.3 Å². The maximum atomic E-state index is 14.0. The van der Waals surface area contributed by atoms with Gasteiger partial charge in [-0.15, -0.1) is 0 Å². The SMILES string of the molecule is CCCC1CCC(CCc2ccc(OC(=O)c3ccccc3)c(-c3cc(F)c(F)c(F)c3)c2)CC1. The molecule has 1 aliphatic rings. The lowest BCUT2D eigenvalue weighted by Crippen LogP contribution is -2.15. The highest BCUT2D eigenvalue weighted by Crippen LogP contribution is 2.36. The minimum absolute atomic E-state index is 0.124. The fourth-order valence-electron chi connectivity index (χ4n) is 5.08. The Labute approximate surface area is 205 Å². The number of benzene rings is 3. The predicted molar refractivity (Wildman–Crippen MR) is 132 cm³/mol. The first-order valence-electron chi connectivity index (χ1n) is 12.5. The second-order valence-corrected chi connectivity index (χ2v) is 9.55. The molecule has 4 rings (SSSR count). The average molecular weight is 481 g/mol. The van der Waals surface area contributed by atoms with Crippen molar-refractivity contribution in [3.05, 3.63) is 89.2 Å². The Hall–Kier alpha value is -3.08. The zero-order valence-corrected chi connectivity index (χ0v) is 20.0. The van der Waals surface area contributed by atoms with Gasteiger partial charge in [0.25, 0.3) is 0 Å². The summed E-state index contributed by atoms with van der Waals surface area (Å²) in [5.74, 6) is -2.97. The lowest BCUT2D eigenvalue weighted by atomic mass is 9.78. The number of ether oxygens (including phenoxy) is 1. The van der Waals surface area contributed by atoms with E-state index >= 15 is 0 Å². The average Bonchev–Trinajstić information content (AvgIpc) is 2.88. The van der Waals surface area contributed by atoms with Crippen LogP contribution in [0.2, 0.25) is 0 Å². The van der Waals surface area contributed by atoms with Crippen LogP contribution in [0.5, 0.6) is 5.75 Å². The lowest BCUT2D eigenvalue weighted by molar-refractivity contribution is 0.0735. The fraction of sp³-hybridized carbons (Fsp3) is 0.367. The van der Waals surface area contributed by atoms with Crippen LogP contribution in [0.25, 0.3) is 11.1 Å². The van der Waals surface area contributed by atoms with E-state index in [4.69, 9.17) is 4.74 Å². The fourth-order valence-corrected chi connectivity index (χ4v) is 5.08. The highest BCUT2D eigenvalue weighted by molar-refractivity contribution is 5.92. The van der Waals surface area contributed by atoms with Crippen LogP contribution in [0.4, 0.5) is 13.2 Å². The molecule has 35 heavy (non-hydrogen) atoms. The molecule has 0 aliphatic heterocycles. The van der Waals surface area contributed by atoms with E-state index in [-0.39, 0.29) is 11.3 Å². The van der Waals surface area contributed by atoms with Gasteiger partial charge in [0, 0.05) is 5.56 Å². The molecule has 0 amide bonds. The standard InChI is InChI=1S/C30H31F3O2/c1-2-6-20-9-11-21(12-10-20)13-14-22-15-16-28(35-30(34)23-7-4-3-5-8-23)25(17-22)24-18-26(31)29(33)27(32)19-24/h3-5,7-8,15-21H,2,6,9-14H2,1H3. The molecule has 0 unspecified atom stereocenters. The Bertz CT molecular complexity index is 1130. The van der Waals surface area contributed by atoms with E-state index in [0.717, 1.165) is 36.5 Å². The molecule has 3 aromatic rings. The van der Waals surface area contributed by atoms with Gasteiger partial charge in [0.2, 0.25) is 0 Å². The summed E-state index contributed by atoms with van der Waals surface area (Å²) < 4.78 is 47.3. The largest absolute Gasteiger partial charge is 0.422 e. The van der Waals surface area contributed by atoms with E-state index in [9.17, 15) is 18.0 Å². The van der Waals surface area contributed by atoms with Gasteiger partial charge in [-0.2, -0.15) is 0 Å². The van der Waals surface area contributed by atoms with Crippen molar-refractivity contribution in [2.45, 2.75) is 58.3 Å². The van der Waals surface area contributed by atoms with Crippen molar-refractivity contribution in [2.24, 2.45) is 11.8 Å².